The zero-order valence-corrected chi connectivity index (χ0v) is 14.5. The van der Waals surface area contributed by atoms with E-state index < -0.39 is 0 Å². The molecule has 1 aromatic heterocycles. The largest absolute Gasteiger partial charge is 0.306 e. The fourth-order valence-corrected chi connectivity index (χ4v) is 2.62. The van der Waals surface area contributed by atoms with Crippen molar-refractivity contribution in [2.75, 3.05) is 20.1 Å². The van der Waals surface area contributed by atoms with Gasteiger partial charge in [-0.15, -0.1) is 0 Å². The second-order valence-electron chi connectivity index (χ2n) is 5.01. The lowest BCUT2D eigenvalue weighted by molar-refractivity contribution is 0.218. The molecule has 1 aromatic carbocycles. The third kappa shape index (κ3) is 4.17. The molecule has 22 heavy (non-hydrogen) atoms. The van der Waals surface area contributed by atoms with E-state index in [-0.39, 0.29) is 5.56 Å². The Bertz CT molecular complexity index is 613. The standard InChI is InChI=1S/C14H17N3O.2C2H6/c1-16-8-6-11(7-9-16)17-10-15-13-5-3-2-4-12(13)14(17)18;2*1-2/h2-5,10-11H,6-9H2,1H3;2*1-2H3. The van der Waals surface area contributed by atoms with Gasteiger partial charge in [0.05, 0.1) is 17.2 Å². The number of nitrogens with zero attached hydrogens (tertiary/aromatic N) is 3. The van der Waals surface area contributed by atoms with Crippen LogP contribution in [0.5, 0.6) is 0 Å². The van der Waals surface area contributed by atoms with Crippen LogP contribution in [0.4, 0.5) is 0 Å². The highest BCUT2D eigenvalue weighted by atomic mass is 16.1. The molecule has 0 saturated carbocycles. The smallest absolute Gasteiger partial charge is 0.261 e. The Balaban J connectivity index is 0.000000561. The second kappa shape index (κ2) is 9.36. The number of fused-ring (bicyclic) bond motifs is 1. The summed E-state index contributed by atoms with van der Waals surface area (Å²) in [5.41, 5.74) is 0.877. The van der Waals surface area contributed by atoms with E-state index in [0.29, 0.717) is 6.04 Å². The maximum atomic E-state index is 12.4. The van der Waals surface area contributed by atoms with Gasteiger partial charge in [0.25, 0.3) is 5.56 Å². The van der Waals surface area contributed by atoms with Crippen molar-refractivity contribution >= 4 is 10.9 Å². The van der Waals surface area contributed by atoms with Gasteiger partial charge in [-0.1, -0.05) is 39.8 Å². The van der Waals surface area contributed by atoms with E-state index in [1.54, 1.807) is 6.33 Å². The molecule has 1 fully saturated rings. The second-order valence-corrected chi connectivity index (χ2v) is 5.01. The van der Waals surface area contributed by atoms with Gasteiger partial charge in [-0.25, -0.2) is 4.98 Å². The zero-order valence-electron chi connectivity index (χ0n) is 14.5. The molecule has 0 unspecified atom stereocenters. The molecule has 0 N–H and O–H groups in total. The van der Waals surface area contributed by atoms with Crippen LogP contribution in [0.25, 0.3) is 10.9 Å². The maximum absolute atomic E-state index is 12.4. The highest BCUT2D eigenvalue weighted by molar-refractivity contribution is 5.76. The molecule has 0 bridgehead atoms. The van der Waals surface area contributed by atoms with Crippen molar-refractivity contribution < 1.29 is 0 Å². The summed E-state index contributed by atoms with van der Waals surface area (Å²) in [5, 5.41) is 0.721. The van der Waals surface area contributed by atoms with Crippen molar-refractivity contribution in [1.82, 2.24) is 14.5 Å². The minimum Gasteiger partial charge on any atom is -0.306 e. The SMILES string of the molecule is CC.CC.CN1CCC(n2cnc3ccccc3c2=O)CC1. The average Bonchev–Trinajstić information content (AvgIpc) is 2.60. The van der Waals surface area contributed by atoms with E-state index in [1.807, 2.05) is 56.5 Å². The summed E-state index contributed by atoms with van der Waals surface area (Å²) in [7, 11) is 2.12. The summed E-state index contributed by atoms with van der Waals surface area (Å²) in [6.07, 6.45) is 3.76. The third-order valence-electron chi connectivity index (χ3n) is 3.77. The van der Waals surface area contributed by atoms with Crippen LogP contribution in [0.3, 0.4) is 0 Å². The Morgan fingerprint density at radius 2 is 1.64 bits per heavy atom. The molecule has 0 spiro atoms. The Labute approximate surface area is 133 Å². The summed E-state index contributed by atoms with van der Waals surface area (Å²) in [6, 6.07) is 7.84. The average molecular weight is 303 g/mol. The minimum atomic E-state index is 0.0927. The molecule has 1 aliphatic rings. The summed E-state index contributed by atoms with van der Waals surface area (Å²) >= 11 is 0. The van der Waals surface area contributed by atoms with Crippen molar-refractivity contribution in [3.8, 4) is 0 Å². The van der Waals surface area contributed by atoms with E-state index in [0.717, 1.165) is 36.8 Å². The van der Waals surface area contributed by atoms with Gasteiger partial charge in [0.2, 0.25) is 0 Å². The number of piperidine rings is 1. The minimum absolute atomic E-state index is 0.0927. The normalized spacial score (nSPS) is 15.5. The van der Waals surface area contributed by atoms with E-state index in [4.69, 9.17) is 0 Å². The van der Waals surface area contributed by atoms with E-state index in [2.05, 4.69) is 16.9 Å². The van der Waals surface area contributed by atoms with Gasteiger partial charge < -0.3 is 4.90 Å². The van der Waals surface area contributed by atoms with Crippen molar-refractivity contribution in [3.05, 3.63) is 40.9 Å². The van der Waals surface area contributed by atoms with Crippen LogP contribution in [0, 0.1) is 0 Å². The van der Waals surface area contributed by atoms with Crippen LogP contribution in [0.15, 0.2) is 35.4 Å². The van der Waals surface area contributed by atoms with Crippen molar-refractivity contribution in [3.63, 3.8) is 0 Å². The van der Waals surface area contributed by atoms with E-state index in [1.165, 1.54) is 0 Å². The maximum Gasteiger partial charge on any atom is 0.261 e. The molecule has 4 nitrogen and oxygen atoms in total. The lowest BCUT2D eigenvalue weighted by atomic mass is 10.1. The predicted molar refractivity (Wildman–Crippen MR) is 94.5 cm³/mol. The van der Waals surface area contributed by atoms with Gasteiger partial charge in [-0.2, -0.15) is 0 Å². The molecular formula is C18H29N3O. The molecular weight excluding hydrogens is 274 g/mol. The van der Waals surface area contributed by atoms with E-state index >= 15 is 0 Å². The molecule has 1 saturated heterocycles. The molecule has 2 heterocycles. The monoisotopic (exact) mass is 303 g/mol. The molecule has 0 radical (unpaired) electrons. The summed E-state index contributed by atoms with van der Waals surface area (Å²) in [4.78, 5) is 19.1. The highest BCUT2D eigenvalue weighted by Gasteiger charge is 2.19. The Kier molecular flexibility index (Phi) is 7.82. The van der Waals surface area contributed by atoms with Gasteiger partial charge in [-0.3, -0.25) is 9.36 Å². The van der Waals surface area contributed by atoms with Gasteiger partial charge in [0.15, 0.2) is 0 Å². The first-order chi connectivity index (χ1) is 10.8. The van der Waals surface area contributed by atoms with E-state index in [9.17, 15) is 4.79 Å². The fraction of sp³-hybridized carbons (Fsp3) is 0.556. The number of aromatic nitrogens is 2. The number of hydrogen-bond donors (Lipinski definition) is 0. The zero-order chi connectivity index (χ0) is 16.5. The number of rotatable bonds is 1. The van der Waals surface area contributed by atoms with Crippen LogP contribution in [0.2, 0.25) is 0 Å². The summed E-state index contributed by atoms with van der Waals surface area (Å²) < 4.78 is 1.81. The van der Waals surface area contributed by atoms with Crippen LogP contribution in [0.1, 0.15) is 46.6 Å². The van der Waals surface area contributed by atoms with Crippen molar-refractivity contribution in [2.45, 2.75) is 46.6 Å². The number of benzene rings is 1. The Morgan fingerprint density at radius 3 is 2.27 bits per heavy atom. The van der Waals surface area contributed by atoms with Crippen LogP contribution >= 0.6 is 0 Å². The molecule has 2 aromatic rings. The van der Waals surface area contributed by atoms with Gasteiger partial charge >= 0.3 is 0 Å². The molecule has 4 heteroatoms. The van der Waals surface area contributed by atoms with Gasteiger partial charge in [0.1, 0.15) is 0 Å². The highest BCUT2D eigenvalue weighted by Crippen LogP contribution is 2.20. The number of likely N-dealkylation sites (tertiary alicyclic amines) is 1. The molecule has 0 atom stereocenters. The van der Waals surface area contributed by atoms with Crippen molar-refractivity contribution in [1.29, 1.82) is 0 Å². The van der Waals surface area contributed by atoms with Crippen molar-refractivity contribution in [2.24, 2.45) is 0 Å². The first-order valence-corrected chi connectivity index (χ1v) is 8.40. The number of hydrogen-bond acceptors (Lipinski definition) is 3. The summed E-state index contributed by atoms with van der Waals surface area (Å²) in [5.74, 6) is 0. The Hall–Kier alpha value is -1.68. The lowest BCUT2D eigenvalue weighted by Crippen LogP contribution is -2.35. The Morgan fingerprint density at radius 1 is 1.05 bits per heavy atom. The van der Waals surface area contributed by atoms with Gasteiger partial charge in [-0.05, 0) is 45.1 Å². The molecule has 1 aliphatic heterocycles. The molecule has 0 aliphatic carbocycles. The lowest BCUT2D eigenvalue weighted by Gasteiger charge is -2.29. The van der Waals surface area contributed by atoms with Crippen LogP contribution < -0.4 is 5.56 Å². The predicted octanol–water partition coefficient (Wildman–Crippen LogP) is 3.72. The molecule has 122 valence electrons. The first kappa shape index (κ1) is 18.4. The molecule has 3 rings (SSSR count). The van der Waals surface area contributed by atoms with Gasteiger partial charge in [0, 0.05) is 6.04 Å². The fourth-order valence-electron chi connectivity index (χ4n) is 2.62. The topological polar surface area (TPSA) is 38.1 Å². The third-order valence-corrected chi connectivity index (χ3v) is 3.77. The first-order valence-electron chi connectivity index (χ1n) is 8.40. The number of para-hydroxylation sites is 1. The van der Waals surface area contributed by atoms with Crippen LogP contribution in [-0.2, 0) is 0 Å². The van der Waals surface area contributed by atoms with Crippen LogP contribution in [-0.4, -0.2) is 34.6 Å². The molecule has 0 amide bonds. The quantitative estimate of drug-likeness (QED) is 0.806. The summed E-state index contributed by atoms with van der Waals surface area (Å²) in [6.45, 7) is 10.1.